The Kier molecular flexibility index (Phi) is 3.88. The van der Waals surface area contributed by atoms with Crippen LogP contribution in [0.3, 0.4) is 0 Å². The maximum atomic E-state index is 12.0. The van der Waals surface area contributed by atoms with Gasteiger partial charge in [-0.25, -0.2) is 4.79 Å². The number of rotatable bonds is 3. The first-order chi connectivity index (χ1) is 7.38. The third-order valence-electron chi connectivity index (χ3n) is 1.34. The molecule has 0 unspecified atom stereocenters. The van der Waals surface area contributed by atoms with Crippen LogP contribution in [0.2, 0.25) is 0 Å². The molecular formula is C8H7F3N2O2S. The van der Waals surface area contributed by atoms with Crippen LogP contribution in [-0.2, 0) is 0 Å². The molecule has 8 heteroatoms. The highest BCUT2D eigenvalue weighted by Crippen LogP contribution is 2.31. The van der Waals surface area contributed by atoms with Crippen LogP contribution in [0.25, 0.3) is 0 Å². The fourth-order valence-electron chi connectivity index (χ4n) is 0.849. The van der Waals surface area contributed by atoms with Crippen molar-refractivity contribution < 1.29 is 22.7 Å². The SMILES string of the molecule is NC(=O)NSc1ccccc1OC(F)(F)F. The number of nitrogens with two attached hydrogens (primary N) is 1. The van der Waals surface area contributed by atoms with Crippen LogP contribution < -0.4 is 15.2 Å². The van der Waals surface area contributed by atoms with Gasteiger partial charge >= 0.3 is 12.4 Å². The fraction of sp³-hybridized carbons (Fsp3) is 0.125. The molecule has 0 fully saturated rings. The van der Waals surface area contributed by atoms with Crippen molar-refractivity contribution in [2.24, 2.45) is 5.73 Å². The largest absolute Gasteiger partial charge is 0.573 e. The molecule has 0 aliphatic carbocycles. The summed E-state index contributed by atoms with van der Waals surface area (Å²) in [5.74, 6) is -0.395. The van der Waals surface area contributed by atoms with Crippen LogP contribution in [0.5, 0.6) is 5.75 Å². The van der Waals surface area contributed by atoms with Gasteiger partial charge in [-0.15, -0.1) is 13.2 Å². The van der Waals surface area contributed by atoms with Crippen molar-refractivity contribution >= 4 is 18.0 Å². The summed E-state index contributed by atoms with van der Waals surface area (Å²) in [6.07, 6.45) is -4.77. The van der Waals surface area contributed by atoms with E-state index in [-0.39, 0.29) is 4.90 Å². The number of hydrogen-bond donors (Lipinski definition) is 2. The van der Waals surface area contributed by atoms with Gasteiger partial charge in [0.1, 0.15) is 5.75 Å². The van der Waals surface area contributed by atoms with E-state index < -0.39 is 18.1 Å². The molecule has 0 saturated heterocycles. The van der Waals surface area contributed by atoms with Gasteiger partial charge in [0.15, 0.2) is 0 Å². The average Bonchev–Trinajstić information content (AvgIpc) is 2.14. The molecular weight excluding hydrogens is 245 g/mol. The van der Waals surface area contributed by atoms with Gasteiger partial charge in [0.25, 0.3) is 0 Å². The van der Waals surface area contributed by atoms with Crippen molar-refractivity contribution in [3.8, 4) is 5.75 Å². The maximum Gasteiger partial charge on any atom is 0.573 e. The molecule has 0 saturated carbocycles. The first-order valence-corrected chi connectivity index (χ1v) is 4.77. The molecule has 88 valence electrons. The quantitative estimate of drug-likeness (QED) is 0.811. The molecule has 0 aliphatic heterocycles. The van der Waals surface area contributed by atoms with Crippen molar-refractivity contribution in [2.45, 2.75) is 11.3 Å². The van der Waals surface area contributed by atoms with Gasteiger partial charge in [-0.05, 0) is 24.1 Å². The molecule has 0 atom stereocenters. The Labute approximate surface area is 93.1 Å². The molecule has 0 aliphatic rings. The Morgan fingerprint density at radius 1 is 1.38 bits per heavy atom. The summed E-state index contributed by atoms with van der Waals surface area (Å²) in [6.45, 7) is 0. The summed E-state index contributed by atoms with van der Waals surface area (Å²) in [7, 11) is 0. The first kappa shape index (κ1) is 12.5. The highest BCUT2D eigenvalue weighted by molar-refractivity contribution is 7.98. The van der Waals surface area contributed by atoms with Gasteiger partial charge in [0.2, 0.25) is 0 Å². The fourth-order valence-corrected chi connectivity index (χ4v) is 1.42. The number of primary amides is 1. The van der Waals surface area contributed by atoms with Gasteiger partial charge in [-0.1, -0.05) is 12.1 Å². The van der Waals surface area contributed by atoms with E-state index in [9.17, 15) is 18.0 Å². The number of ether oxygens (including phenoxy) is 1. The van der Waals surface area contributed by atoms with E-state index in [0.29, 0.717) is 11.9 Å². The highest BCUT2D eigenvalue weighted by Gasteiger charge is 2.32. The Morgan fingerprint density at radius 2 is 2.00 bits per heavy atom. The molecule has 1 aromatic carbocycles. The first-order valence-electron chi connectivity index (χ1n) is 3.95. The molecule has 0 radical (unpaired) electrons. The van der Waals surface area contributed by atoms with Crippen molar-refractivity contribution in [1.82, 2.24) is 4.72 Å². The summed E-state index contributed by atoms with van der Waals surface area (Å²) < 4.78 is 41.8. The highest BCUT2D eigenvalue weighted by atomic mass is 32.2. The van der Waals surface area contributed by atoms with Crippen LogP contribution in [0.15, 0.2) is 29.2 Å². The minimum Gasteiger partial charge on any atom is -0.405 e. The third-order valence-corrected chi connectivity index (χ3v) is 2.20. The number of urea groups is 1. The van der Waals surface area contributed by atoms with Gasteiger partial charge in [-0.3, -0.25) is 4.72 Å². The normalized spacial score (nSPS) is 10.9. The lowest BCUT2D eigenvalue weighted by Gasteiger charge is -2.12. The number of halogens is 3. The van der Waals surface area contributed by atoms with Gasteiger partial charge in [-0.2, -0.15) is 0 Å². The summed E-state index contributed by atoms with van der Waals surface area (Å²) in [5, 5.41) is 0. The Bertz CT molecular complexity index is 384. The summed E-state index contributed by atoms with van der Waals surface area (Å²) >= 11 is 0.646. The Morgan fingerprint density at radius 3 is 2.56 bits per heavy atom. The molecule has 0 spiro atoms. The number of carbonyl (C=O) groups is 1. The predicted octanol–water partition coefficient (Wildman–Crippen LogP) is 2.26. The van der Waals surface area contributed by atoms with E-state index in [0.717, 1.165) is 6.07 Å². The molecule has 3 N–H and O–H groups in total. The topological polar surface area (TPSA) is 64.4 Å². The number of amides is 2. The zero-order valence-corrected chi connectivity index (χ0v) is 8.56. The Balaban J connectivity index is 2.79. The molecule has 0 bridgehead atoms. The number of benzene rings is 1. The summed E-state index contributed by atoms with van der Waals surface area (Å²) in [5.41, 5.74) is 4.78. The smallest absolute Gasteiger partial charge is 0.405 e. The lowest BCUT2D eigenvalue weighted by Crippen LogP contribution is -2.23. The third kappa shape index (κ3) is 4.30. The minimum absolute atomic E-state index is 0.110. The van der Waals surface area contributed by atoms with Crippen molar-refractivity contribution in [3.63, 3.8) is 0 Å². The summed E-state index contributed by atoms with van der Waals surface area (Å²) in [4.78, 5) is 10.5. The number of alkyl halides is 3. The van der Waals surface area contributed by atoms with Crippen molar-refractivity contribution in [3.05, 3.63) is 24.3 Å². The maximum absolute atomic E-state index is 12.0. The lowest BCUT2D eigenvalue weighted by atomic mass is 10.3. The second-order valence-electron chi connectivity index (χ2n) is 2.56. The number of hydrogen-bond acceptors (Lipinski definition) is 3. The van der Waals surface area contributed by atoms with E-state index >= 15 is 0 Å². The monoisotopic (exact) mass is 252 g/mol. The summed E-state index contributed by atoms with van der Waals surface area (Å²) in [6, 6.07) is 4.54. The molecule has 1 aromatic rings. The molecule has 2 amide bonds. The molecule has 4 nitrogen and oxygen atoms in total. The number of nitrogens with one attached hydrogen (secondary N) is 1. The average molecular weight is 252 g/mol. The van der Waals surface area contributed by atoms with E-state index in [1.807, 2.05) is 0 Å². The van der Waals surface area contributed by atoms with Crippen LogP contribution in [0, 0.1) is 0 Å². The van der Waals surface area contributed by atoms with E-state index in [1.165, 1.54) is 18.2 Å². The van der Waals surface area contributed by atoms with Crippen LogP contribution in [0.4, 0.5) is 18.0 Å². The second kappa shape index (κ2) is 4.97. The van der Waals surface area contributed by atoms with Crippen LogP contribution in [0.1, 0.15) is 0 Å². The van der Waals surface area contributed by atoms with Gasteiger partial charge < -0.3 is 10.5 Å². The molecule has 0 heterocycles. The van der Waals surface area contributed by atoms with E-state index in [4.69, 9.17) is 5.73 Å². The second-order valence-corrected chi connectivity index (χ2v) is 3.41. The number of para-hydroxylation sites is 1. The minimum atomic E-state index is -4.77. The lowest BCUT2D eigenvalue weighted by molar-refractivity contribution is -0.275. The van der Waals surface area contributed by atoms with Gasteiger partial charge in [0.05, 0.1) is 4.90 Å². The standard InChI is InChI=1S/C8H7F3N2O2S/c9-8(10,11)15-5-3-1-2-4-6(5)16-13-7(12)14/h1-4H,(H3,12,13,14). The Hall–Kier alpha value is -1.57. The van der Waals surface area contributed by atoms with Crippen LogP contribution >= 0.6 is 11.9 Å². The van der Waals surface area contributed by atoms with Crippen molar-refractivity contribution in [2.75, 3.05) is 0 Å². The molecule has 16 heavy (non-hydrogen) atoms. The zero-order chi connectivity index (χ0) is 12.2. The van der Waals surface area contributed by atoms with E-state index in [2.05, 4.69) is 9.46 Å². The van der Waals surface area contributed by atoms with E-state index in [1.54, 1.807) is 0 Å². The van der Waals surface area contributed by atoms with Crippen molar-refractivity contribution in [1.29, 1.82) is 0 Å². The van der Waals surface area contributed by atoms with Crippen LogP contribution in [-0.4, -0.2) is 12.4 Å². The molecule has 0 aromatic heterocycles. The number of carbonyl (C=O) groups excluding carboxylic acids is 1. The molecule has 1 rings (SSSR count). The van der Waals surface area contributed by atoms with Gasteiger partial charge in [0, 0.05) is 0 Å². The zero-order valence-electron chi connectivity index (χ0n) is 7.75. The predicted molar refractivity (Wildman–Crippen MR) is 51.7 cm³/mol.